The Morgan fingerprint density at radius 2 is 1.67 bits per heavy atom. The molecule has 0 aliphatic heterocycles. The smallest absolute Gasteiger partial charge is 0.177 e. The molecule has 0 heterocycles. The van der Waals surface area contributed by atoms with Crippen LogP contribution in [0.4, 0.5) is 0 Å². The third-order valence-corrected chi connectivity index (χ3v) is 2.26. The van der Waals surface area contributed by atoms with Crippen molar-refractivity contribution in [1.29, 1.82) is 0 Å². The first-order valence-electron chi connectivity index (χ1n) is 5.79. The number of hydrogen-bond donors (Lipinski definition) is 1. The monoisotopic (exact) mass is 231 g/mol. The zero-order chi connectivity index (χ0) is 12.0. The van der Waals surface area contributed by atoms with Gasteiger partial charge in [0, 0.05) is 6.04 Å². The van der Waals surface area contributed by atoms with Crippen LogP contribution in [0.3, 0.4) is 0 Å². The lowest BCUT2D eigenvalue weighted by Crippen LogP contribution is -2.42. The Labute approximate surface area is 99.8 Å². The Hall–Kier alpha value is -0.150. The highest BCUT2D eigenvalue weighted by Crippen LogP contribution is 2.09. The molecule has 0 bridgehead atoms. The maximum Gasteiger partial charge on any atom is 0.177 e. The summed E-state index contributed by atoms with van der Waals surface area (Å²) in [6.07, 6.45) is 1.20. The zero-order valence-electron chi connectivity index (χ0n) is 10.8. The van der Waals surface area contributed by atoms with Crippen LogP contribution < -0.4 is 5.32 Å². The van der Waals surface area contributed by atoms with E-state index >= 15 is 0 Å². The van der Waals surface area contributed by atoms with Crippen LogP contribution in [0.1, 0.15) is 48.0 Å². The van der Waals surface area contributed by atoms with Gasteiger partial charge in [-0.2, -0.15) is 0 Å². The predicted octanol–water partition coefficient (Wildman–Crippen LogP) is 3.15. The van der Waals surface area contributed by atoms with Crippen molar-refractivity contribution in [3.8, 4) is 0 Å². The van der Waals surface area contributed by atoms with Gasteiger partial charge in [0.15, 0.2) is 5.05 Å². The van der Waals surface area contributed by atoms with Gasteiger partial charge >= 0.3 is 0 Å². The molecule has 0 radical (unpaired) electrons. The minimum Gasteiger partial charge on any atom is -0.483 e. The van der Waals surface area contributed by atoms with Crippen LogP contribution in [0, 0.1) is 5.92 Å². The van der Waals surface area contributed by atoms with E-state index in [1.165, 1.54) is 0 Å². The van der Waals surface area contributed by atoms with E-state index in [9.17, 15) is 0 Å². The zero-order valence-corrected chi connectivity index (χ0v) is 11.6. The van der Waals surface area contributed by atoms with Crippen molar-refractivity contribution in [1.82, 2.24) is 5.32 Å². The molecule has 3 heteroatoms. The van der Waals surface area contributed by atoms with Crippen molar-refractivity contribution in [2.24, 2.45) is 5.92 Å². The average Bonchev–Trinajstić information content (AvgIpc) is 1.99. The summed E-state index contributed by atoms with van der Waals surface area (Å²) in [5.74, 6) is 0.620. The quantitative estimate of drug-likeness (QED) is 0.710. The van der Waals surface area contributed by atoms with Crippen molar-refractivity contribution >= 4 is 17.3 Å². The molecule has 0 fully saturated rings. The van der Waals surface area contributed by atoms with Crippen molar-refractivity contribution in [3.63, 3.8) is 0 Å². The second-order valence-electron chi connectivity index (χ2n) is 4.99. The van der Waals surface area contributed by atoms with E-state index in [1.807, 2.05) is 13.8 Å². The van der Waals surface area contributed by atoms with Crippen LogP contribution in [0.2, 0.25) is 0 Å². The standard InChI is InChI=1S/C12H25NOS/c1-8(2)7-11(13-9(3)4)12(15)14-10(5)6/h8-11,13H,7H2,1-6H3. The molecule has 0 aliphatic carbocycles. The Balaban J connectivity index is 4.27. The first kappa shape index (κ1) is 14.8. The molecule has 0 saturated carbocycles. The fraction of sp³-hybridized carbons (Fsp3) is 0.917. The SMILES string of the molecule is CC(C)CC(NC(C)C)C(=S)OC(C)C. The molecule has 0 aromatic rings. The summed E-state index contributed by atoms with van der Waals surface area (Å²) in [4.78, 5) is 0. The van der Waals surface area contributed by atoms with Gasteiger partial charge in [0.1, 0.15) is 0 Å². The van der Waals surface area contributed by atoms with E-state index < -0.39 is 0 Å². The minimum atomic E-state index is 0.168. The molecular weight excluding hydrogens is 206 g/mol. The molecule has 1 atom stereocenters. The normalized spacial score (nSPS) is 13.7. The maximum atomic E-state index is 5.58. The van der Waals surface area contributed by atoms with E-state index in [2.05, 4.69) is 33.0 Å². The Morgan fingerprint density at radius 3 is 2.00 bits per heavy atom. The maximum absolute atomic E-state index is 5.58. The molecule has 0 aliphatic rings. The third kappa shape index (κ3) is 7.74. The van der Waals surface area contributed by atoms with E-state index in [0.29, 0.717) is 17.0 Å². The highest BCUT2D eigenvalue weighted by atomic mass is 32.1. The van der Waals surface area contributed by atoms with Crippen LogP contribution in [-0.2, 0) is 4.74 Å². The fourth-order valence-electron chi connectivity index (χ4n) is 1.42. The number of thiocarbonyl (C=S) groups is 1. The van der Waals surface area contributed by atoms with Crippen molar-refractivity contribution in [2.75, 3.05) is 0 Å². The molecule has 0 aromatic heterocycles. The van der Waals surface area contributed by atoms with Crippen LogP contribution in [0.15, 0.2) is 0 Å². The van der Waals surface area contributed by atoms with Gasteiger partial charge in [0.05, 0.1) is 12.1 Å². The summed E-state index contributed by atoms with van der Waals surface area (Å²) in [5.41, 5.74) is 0. The molecule has 90 valence electrons. The van der Waals surface area contributed by atoms with Crippen LogP contribution in [-0.4, -0.2) is 23.2 Å². The summed E-state index contributed by atoms with van der Waals surface area (Å²) in [5, 5.41) is 4.15. The summed E-state index contributed by atoms with van der Waals surface area (Å²) in [6.45, 7) is 12.7. The molecule has 15 heavy (non-hydrogen) atoms. The van der Waals surface area contributed by atoms with Crippen molar-refractivity contribution < 1.29 is 4.74 Å². The average molecular weight is 231 g/mol. The van der Waals surface area contributed by atoms with Gasteiger partial charge in [-0.1, -0.05) is 27.7 Å². The van der Waals surface area contributed by atoms with E-state index in [4.69, 9.17) is 17.0 Å². The number of ether oxygens (including phenoxy) is 1. The van der Waals surface area contributed by atoms with E-state index in [0.717, 1.165) is 6.42 Å². The van der Waals surface area contributed by atoms with Crippen LogP contribution in [0.5, 0.6) is 0 Å². The fourth-order valence-corrected chi connectivity index (χ4v) is 1.78. The molecule has 0 aromatic carbocycles. The molecule has 0 spiro atoms. The number of hydrogen-bond acceptors (Lipinski definition) is 3. The van der Waals surface area contributed by atoms with Gasteiger partial charge in [0.25, 0.3) is 0 Å². The van der Waals surface area contributed by atoms with E-state index in [-0.39, 0.29) is 12.1 Å². The molecule has 0 saturated heterocycles. The van der Waals surface area contributed by atoms with Crippen molar-refractivity contribution in [2.45, 2.75) is 66.2 Å². The summed E-state index contributed by atoms with van der Waals surface area (Å²) < 4.78 is 5.58. The second-order valence-corrected chi connectivity index (χ2v) is 5.39. The van der Waals surface area contributed by atoms with Crippen LogP contribution >= 0.6 is 12.2 Å². The molecule has 0 amide bonds. The van der Waals surface area contributed by atoms with Gasteiger partial charge < -0.3 is 10.1 Å². The summed E-state index contributed by atoms with van der Waals surface area (Å²) >= 11 is 5.30. The van der Waals surface area contributed by atoms with Gasteiger partial charge in [-0.05, 0) is 38.4 Å². The van der Waals surface area contributed by atoms with Crippen LogP contribution in [0.25, 0.3) is 0 Å². The Kier molecular flexibility index (Phi) is 7.11. The third-order valence-electron chi connectivity index (χ3n) is 1.88. The summed E-state index contributed by atoms with van der Waals surface area (Å²) in [7, 11) is 0. The molecule has 1 N–H and O–H groups in total. The van der Waals surface area contributed by atoms with Gasteiger partial charge in [0.2, 0.25) is 0 Å². The molecule has 1 unspecified atom stereocenters. The first-order chi connectivity index (χ1) is 6.82. The number of nitrogens with one attached hydrogen (secondary N) is 1. The lowest BCUT2D eigenvalue weighted by atomic mass is 10.0. The minimum absolute atomic E-state index is 0.168. The highest BCUT2D eigenvalue weighted by Gasteiger charge is 2.18. The topological polar surface area (TPSA) is 21.3 Å². The first-order valence-corrected chi connectivity index (χ1v) is 6.20. The Morgan fingerprint density at radius 1 is 1.13 bits per heavy atom. The highest BCUT2D eigenvalue weighted by molar-refractivity contribution is 7.80. The van der Waals surface area contributed by atoms with Gasteiger partial charge in [-0.25, -0.2) is 0 Å². The largest absolute Gasteiger partial charge is 0.483 e. The van der Waals surface area contributed by atoms with Crippen molar-refractivity contribution in [3.05, 3.63) is 0 Å². The van der Waals surface area contributed by atoms with Gasteiger partial charge in [-0.15, -0.1) is 0 Å². The lowest BCUT2D eigenvalue weighted by molar-refractivity contribution is 0.216. The molecular formula is C12H25NOS. The van der Waals surface area contributed by atoms with E-state index in [1.54, 1.807) is 0 Å². The van der Waals surface area contributed by atoms with Gasteiger partial charge in [-0.3, -0.25) is 0 Å². The molecule has 0 rings (SSSR count). The lowest BCUT2D eigenvalue weighted by Gasteiger charge is -2.25. The predicted molar refractivity (Wildman–Crippen MR) is 70.3 cm³/mol. The number of rotatable bonds is 6. The Bertz CT molecular complexity index is 180. The second kappa shape index (κ2) is 7.18. The summed E-state index contributed by atoms with van der Waals surface area (Å²) in [6, 6.07) is 0.630. The molecule has 2 nitrogen and oxygen atoms in total.